The van der Waals surface area contributed by atoms with Crippen molar-refractivity contribution < 1.29 is 13.7 Å². The minimum absolute atomic E-state index is 0.102. The van der Waals surface area contributed by atoms with Gasteiger partial charge in [-0.3, -0.25) is 0 Å². The molecule has 0 aliphatic heterocycles. The molecule has 2 aromatic rings. The Kier molecular flexibility index (Phi) is 2.70. The van der Waals surface area contributed by atoms with Gasteiger partial charge in [-0.15, -0.1) is 0 Å². The minimum atomic E-state index is -0.560. The highest BCUT2D eigenvalue weighted by Gasteiger charge is 2.16. The van der Waals surface area contributed by atoms with Crippen LogP contribution in [0.3, 0.4) is 0 Å². The van der Waals surface area contributed by atoms with Crippen LogP contribution in [0.5, 0.6) is 5.75 Å². The molecule has 1 heterocycles. The maximum atomic E-state index is 13.2. The maximum absolute atomic E-state index is 13.2. The summed E-state index contributed by atoms with van der Waals surface area (Å²) in [6.45, 7) is 0. The molecule has 16 heavy (non-hydrogen) atoms. The number of hydrogen-bond acceptors (Lipinski definition) is 4. The van der Waals surface area contributed by atoms with E-state index in [4.69, 9.17) is 26.6 Å². The van der Waals surface area contributed by atoms with Gasteiger partial charge in [-0.25, -0.2) is 4.39 Å². The number of benzene rings is 1. The monoisotopic (exact) mass is 242 g/mol. The fourth-order valence-electron chi connectivity index (χ4n) is 1.34. The highest BCUT2D eigenvalue weighted by Crippen LogP contribution is 2.38. The number of rotatable bonds is 2. The van der Waals surface area contributed by atoms with Crippen molar-refractivity contribution in [2.45, 2.75) is 0 Å². The molecule has 0 aliphatic carbocycles. The Hall–Kier alpha value is -1.75. The third-order valence-corrected chi connectivity index (χ3v) is 2.40. The zero-order valence-electron chi connectivity index (χ0n) is 8.33. The van der Waals surface area contributed by atoms with Crippen LogP contribution >= 0.6 is 11.6 Å². The molecule has 0 spiro atoms. The van der Waals surface area contributed by atoms with E-state index < -0.39 is 5.82 Å². The summed E-state index contributed by atoms with van der Waals surface area (Å²) in [7, 11) is 1.39. The Labute approximate surface area is 95.7 Å². The van der Waals surface area contributed by atoms with Crippen LogP contribution in [0.25, 0.3) is 11.3 Å². The third kappa shape index (κ3) is 1.69. The van der Waals surface area contributed by atoms with Gasteiger partial charge in [0.15, 0.2) is 17.3 Å². The van der Waals surface area contributed by atoms with Crippen LogP contribution in [0.1, 0.15) is 0 Å². The zero-order chi connectivity index (χ0) is 11.7. The summed E-state index contributed by atoms with van der Waals surface area (Å²) in [5.74, 6) is 0.237. The van der Waals surface area contributed by atoms with Crippen LogP contribution in [0, 0.1) is 5.82 Å². The molecule has 0 aliphatic rings. The zero-order valence-corrected chi connectivity index (χ0v) is 9.08. The van der Waals surface area contributed by atoms with Crippen LogP contribution in [-0.2, 0) is 0 Å². The van der Waals surface area contributed by atoms with Gasteiger partial charge in [0.1, 0.15) is 10.8 Å². The van der Waals surface area contributed by atoms with Gasteiger partial charge >= 0.3 is 0 Å². The average molecular weight is 243 g/mol. The summed E-state index contributed by atoms with van der Waals surface area (Å²) in [6, 6.07) is 4.21. The first-order valence-corrected chi connectivity index (χ1v) is 4.76. The number of nitrogen functional groups attached to an aromatic ring is 1. The highest BCUT2D eigenvalue weighted by molar-refractivity contribution is 6.32. The molecule has 0 saturated carbocycles. The van der Waals surface area contributed by atoms with Gasteiger partial charge in [0.25, 0.3) is 0 Å². The largest absolute Gasteiger partial charge is 0.494 e. The van der Waals surface area contributed by atoms with Gasteiger partial charge < -0.3 is 15.0 Å². The summed E-state index contributed by atoms with van der Waals surface area (Å²) in [6.07, 6.45) is 0. The molecular weight excluding hydrogens is 235 g/mol. The predicted octanol–water partition coefficient (Wildman–Crippen LogP) is 2.72. The van der Waals surface area contributed by atoms with E-state index >= 15 is 0 Å². The molecule has 0 amide bonds. The third-order valence-electron chi connectivity index (χ3n) is 2.05. The van der Waals surface area contributed by atoms with Gasteiger partial charge in [-0.1, -0.05) is 16.8 Å². The van der Waals surface area contributed by atoms with Gasteiger partial charge in [0.2, 0.25) is 0 Å². The van der Waals surface area contributed by atoms with E-state index in [1.807, 2.05) is 0 Å². The van der Waals surface area contributed by atoms with E-state index in [1.165, 1.54) is 25.3 Å². The summed E-state index contributed by atoms with van der Waals surface area (Å²) in [5.41, 5.74) is 5.92. The summed E-state index contributed by atoms with van der Waals surface area (Å²) in [4.78, 5) is 0. The minimum Gasteiger partial charge on any atom is -0.494 e. The maximum Gasteiger partial charge on any atom is 0.172 e. The van der Waals surface area contributed by atoms with Gasteiger partial charge in [-0.2, -0.15) is 0 Å². The molecule has 4 nitrogen and oxygen atoms in total. The number of anilines is 1. The van der Waals surface area contributed by atoms with Crippen molar-refractivity contribution in [3.8, 4) is 17.1 Å². The summed E-state index contributed by atoms with van der Waals surface area (Å²) in [5, 5.41) is 3.43. The molecule has 2 rings (SSSR count). The summed E-state index contributed by atoms with van der Waals surface area (Å²) < 4.78 is 23.2. The van der Waals surface area contributed by atoms with Crippen LogP contribution < -0.4 is 10.5 Å². The van der Waals surface area contributed by atoms with E-state index in [9.17, 15) is 4.39 Å². The molecule has 0 saturated heterocycles. The van der Waals surface area contributed by atoms with Crippen molar-refractivity contribution in [1.29, 1.82) is 0 Å². The number of nitrogens with two attached hydrogens (primary N) is 1. The van der Waals surface area contributed by atoms with E-state index in [-0.39, 0.29) is 16.6 Å². The van der Waals surface area contributed by atoms with Crippen LogP contribution in [0.4, 0.5) is 10.2 Å². The van der Waals surface area contributed by atoms with Crippen molar-refractivity contribution in [1.82, 2.24) is 5.16 Å². The second-order valence-electron chi connectivity index (χ2n) is 3.06. The summed E-state index contributed by atoms with van der Waals surface area (Å²) >= 11 is 5.76. The Morgan fingerprint density at radius 2 is 2.25 bits per heavy atom. The standard InChI is InChI=1S/C10H8ClFN2O2/c1-15-10-5(2-3-6(12)9(10)11)7-4-8(13)14-16-7/h2-4H,1H3,(H2,13,14). The Morgan fingerprint density at radius 1 is 1.50 bits per heavy atom. The number of halogens is 2. The van der Waals surface area contributed by atoms with Crippen molar-refractivity contribution in [2.24, 2.45) is 0 Å². The molecule has 2 N–H and O–H groups in total. The van der Waals surface area contributed by atoms with Crippen molar-refractivity contribution in [3.63, 3.8) is 0 Å². The van der Waals surface area contributed by atoms with Crippen LogP contribution in [0.2, 0.25) is 5.02 Å². The van der Waals surface area contributed by atoms with Crippen molar-refractivity contribution in [3.05, 3.63) is 29.0 Å². The van der Waals surface area contributed by atoms with Gasteiger partial charge in [-0.05, 0) is 12.1 Å². The predicted molar refractivity (Wildman–Crippen MR) is 57.9 cm³/mol. The number of methoxy groups -OCH3 is 1. The topological polar surface area (TPSA) is 61.3 Å². The van der Waals surface area contributed by atoms with E-state index in [0.717, 1.165) is 0 Å². The average Bonchev–Trinajstić information content (AvgIpc) is 2.68. The normalized spacial score (nSPS) is 10.4. The smallest absolute Gasteiger partial charge is 0.172 e. The molecule has 0 bridgehead atoms. The lowest BCUT2D eigenvalue weighted by molar-refractivity contribution is 0.404. The fraction of sp³-hybridized carbons (Fsp3) is 0.100. The fourth-order valence-corrected chi connectivity index (χ4v) is 1.58. The second kappa shape index (κ2) is 4.02. The molecule has 0 atom stereocenters. The number of nitrogens with zero attached hydrogens (tertiary/aromatic N) is 1. The Balaban J connectivity index is 2.61. The quantitative estimate of drug-likeness (QED) is 0.880. The molecular formula is C10H8ClFN2O2. The molecule has 0 fully saturated rings. The van der Waals surface area contributed by atoms with E-state index in [2.05, 4.69) is 5.16 Å². The Bertz CT molecular complexity index is 528. The highest BCUT2D eigenvalue weighted by atomic mass is 35.5. The molecule has 1 aromatic heterocycles. The number of hydrogen-bond donors (Lipinski definition) is 1. The van der Waals surface area contributed by atoms with Crippen molar-refractivity contribution in [2.75, 3.05) is 12.8 Å². The molecule has 0 unspecified atom stereocenters. The van der Waals surface area contributed by atoms with Crippen LogP contribution in [0.15, 0.2) is 22.7 Å². The van der Waals surface area contributed by atoms with Crippen molar-refractivity contribution >= 4 is 17.4 Å². The van der Waals surface area contributed by atoms with Gasteiger partial charge in [0.05, 0.1) is 12.7 Å². The van der Waals surface area contributed by atoms with E-state index in [1.54, 1.807) is 0 Å². The molecule has 0 radical (unpaired) electrons. The molecule has 6 heteroatoms. The first kappa shape index (κ1) is 10.8. The first-order chi connectivity index (χ1) is 7.63. The second-order valence-corrected chi connectivity index (χ2v) is 3.44. The lowest BCUT2D eigenvalue weighted by Crippen LogP contribution is -1.90. The molecule has 84 valence electrons. The SMILES string of the molecule is COc1c(-c2cc(N)no2)ccc(F)c1Cl. The lowest BCUT2D eigenvalue weighted by atomic mass is 10.1. The lowest BCUT2D eigenvalue weighted by Gasteiger charge is -2.07. The van der Waals surface area contributed by atoms with Crippen LogP contribution in [-0.4, -0.2) is 12.3 Å². The number of ether oxygens (including phenoxy) is 1. The molecule has 1 aromatic carbocycles. The first-order valence-electron chi connectivity index (χ1n) is 4.38. The Morgan fingerprint density at radius 3 is 2.81 bits per heavy atom. The van der Waals surface area contributed by atoms with Gasteiger partial charge in [0, 0.05) is 6.07 Å². The van der Waals surface area contributed by atoms with E-state index in [0.29, 0.717) is 11.3 Å². The number of aromatic nitrogens is 1.